The standard InChI is InChI=1S/C18H21ClN2O2S/c1-21-15(22)18(20-16(21)24)14-9-12(19)4-3-11(14)10-17(18)7-5-13(23-2)6-8-17/h3-4,9,13H,5-8,10H2,1-2H3,(H,20,24). The third-order valence-corrected chi connectivity index (χ3v) is 6.86. The number of fused-ring (bicyclic) bond motifs is 3. The Kier molecular flexibility index (Phi) is 3.68. The first-order valence-electron chi connectivity index (χ1n) is 8.35. The van der Waals surface area contributed by atoms with E-state index in [9.17, 15) is 4.79 Å². The molecule has 1 saturated carbocycles. The summed E-state index contributed by atoms with van der Waals surface area (Å²) in [4.78, 5) is 14.9. The minimum absolute atomic E-state index is 0.0457. The minimum atomic E-state index is -0.780. The van der Waals surface area contributed by atoms with E-state index in [1.54, 1.807) is 19.1 Å². The Bertz CT molecular complexity index is 730. The van der Waals surface area contributed by atoms with Gasteiger partial charge in [0.1, 0.15) is 0 Å². The molecule has 24 heavy (non-hydrogen) atoms. The van der Waals surface area contributed by atoms with Crippen molar-refractivity contribution in [2.75, 3.05) is 14.2 Å². The smallest absolute Gasteiger partial charge is 0.259 e. The Hall–Kier alpha value is -1.17. The van der Waals surface area contributed by atoms with Crippen molar-refractivity contribution in [1.82, 2.24) is 10.2 Å². The highest BCUT2D eigenvalue weighted by Gasteiger charge is 2.66. The van der Waals surface area contributed by atoms with Gasteiger partial charge < -0.3 is 10.1 Å². The van der Waals surface area contributed by atoms with Gasteiger partial charge in [-0.05, 0) is 67.6 Å². The molecular formula is C18H21ClN2O2S. The molecule has 0 radical (unpaired) electrons. The molecule has 1 amide bonds. The predicted molar refractivity (Wildman–Crippen MR) is 97.0 cm³/mol. The number of carbonyl (C=O) groups is 1. The maximum Gasteiger partial charge on any atom is 0.259 e. The second-order valence-electron chi connectivity index (χ2n) is 7.24. The zero-order valence-corrected chi connectivity index (χ0v) is 15.5. The number of thiocarbonyl (C=S) groups is 1. The van der Waals surface area contributed by atoms with Crippen molar-refractivity contribution >= 4 is 34.8 Å². The summed E-state index contributed by atoms with van der Waals surface area (Å²) in [6.45, 7) is 0. The van der Waals surface area contributed by atoms with E-state index in [0.717, 1.165) is 37.7 Å². The van der Waals surface area contributed by atoms with Crippen LogP contribution in [0.3, 0.4) is 0 Å². The molecule has 0 aromatic heterocycles. The van der Waals surface area contributed by atoms with Crippen molar-refractivity contribution in [3.8, 4) is 0 Å². The van der Waals surface area contributed by atoms with E-state index in [-0.39, 0.29) is 17.4 Å². The number of nitrogens with one attached hydrogen (secondary N) is 1. The Labute approximate surface area is 152 Å². The largest absolute Gasteiger partial charge is 0.381 e. The van der Waals surface area contributed by atoms with Crippen LogP contribution in [0, 0.1) is 5.41 Å². The van der Waals surface area contributed by atoms with Gasteiger partial charge in [0.25, 0.3) is 5.91 Å². The fraction of sp³-hybridized carbons (Fsp3) is 0.556. The van der Waals surface area contributed by atoms with Gasteiger partial charge in [0.15, 0.2) is 10.7 Å². The third-order valence-electron chi connectivity index (χ3n) is 6.25. The third kappa shape index (κ3) is 1.95. The van der Waals surface area contributed by atoms with Crippen molar-refractivity contribution in [2.45, 2.75) is 43.7 Å². The summed E-state index contributed by atoms with van der Waals surface area (Å²) in [5.74, 6) is 0.0457. The Morgan fingerprint density at radius 2 is 2.08 bits per heavy atom. The molecule has 1 heterocycles. The lowest BCUT2D eigenvalue weighted by atomic mass is 9.61. The van der Waals surface area contributed by atoms with E-state index < -0.39 is 5.54 Å². The number of halogens is 1. The van der Waals surface area contributed by atoms with E-state index in [2.05, 4.69) is 11.4 Å². The van der Waals surface area contributed by atoms with Crippen LogP contribution >= 0.6 is 23.8 Å². The van der Waals surface area contributed by atoms with Crippen LogP contribution in [-0.4, -0.2) is 36.2 Å². The van der Waals surface area contributed by atoms with E-state index in [1.165, 1.54) is 5.56 Å². The van der Waals surface area contributed by atoms with Crippen LogP contribution in [0.2, 0.25) is 5.02 Å². The summed E-state index contributed by atoms with van der Waals surface area (Å²) in [6, 6.07) is 5.92. The molecule has 1 aromatic rings. The molecule has 1 atom stereocenters. The number of nitrogens with zero attached hydrogens (tertiary/aromatic N) is 1. The first-order valence-corrected chi connectivity index (χ1v) is 9.14. The number of methoxy groups -OCH3 is 1. The van der Waals surface area contributed by atoms with Crippen LogP contribution in [-0.2, 0) is 21.5 Å². The minimum Gasteiger partial charge on any atom is -0.381 e. The second kappa shape index (κ2) is 5.41. The number of carbonyl (C=O) groups excluding carboxylic acids is 1. The number of hydrogen-bond donors (Lipinski definition) is 1. The normalized spacial score (nSPS) is 35.0. The van der Waals surface area contributed by atoms with Crippen LogP contribution in [0.4, 0.5) is 0 Å². The molecule has 1 aliphatic heterocycles. The average molecular weight is 365 g/mol. The van der Waals surface area contributed by atoms with Gasteiger partial charge in [-0.2, -0.15) is 0 Å². The van der Waals surface area contributed by atoms with Gasteiger partial charge in [-0.3, -0.25) is 9.69 Å². The maximum atomic E-state index is 13.3. The fourth-order valence-electron chi connectivity index (χ4n) is 4.95. The fourth-order valence-corrected chi connectivity index (χ4v) is 5.36. The molecule has 4 nitrogen and oxygen atoms in total. The Balaban J connectivity index is 1.87. The van der Waals surface area contributed by atoms with E-state index in [0.29, 0.717) is 10.1 Å². The van der Waals surface area contributed by atoms with Gasteiger partial charge in [-0.25, -0.2) is 0 Å². The molecule has 3 aliphatic rings. The summed E-state index contributed by atoms with van der Waals surface area (Å²) in [5, 5.41) is 4.57. The first kappa shape index (κ1) is 16.3. The van der Waals surface area contributed by atoms with Gasteiger partial charge in [-0.15, -0.1) is 0 Å². The summed E-state index contributed by atoms with van der Waals surface area (Å²) >= 11 is 11.7. The van der Waals surface area contributed by atoms with E-state index in [1.807, 2.05) is 12.1 Å². The molecule has 1 unspecified atom stereocenters. The lowest BCUT2D eigenvalue weighted by Crippen LogP contribution is -2.56. The number of amides is 1. The van der Waals surface area contributed by atoms with Crippen LogP contribution in [0.5, 0.6) is 0 Å². The molecule has 6 heteroatoms. The summed E-state index contributed by atoms with van der Waals surface area (Å²) in [5.41, 5.74) is 1.26. The number of likely N-dealkylation sites (N-methyl/N-ethyl adjacent to an activating group) is 1. The molecule has 2 fully saturated rings. The monoisotopic (exact) mass is 364 g/mol. The molecule has 4 rings (SSSR count). The Morgan fingerprint density at radius 1 is 1.38 bits per heavy atom. The summed E-state index contributed by atoms with van der Waals surface area (Å²) in [7, 11) is 3.52. The lowest BCUT2D eigenvalue weighted by molar-refractivity contribution is -0.137. The first-order chi connectivity index (χ1) is 11.4. The molecule has 0 bridgehead atoms. The molecule has 2 aliphatic carbocycles. The number of ether oxygens (including phenoxy) is 1. The van der Waals surface area contributed by atoms with Crippen LogP contribution in [0.1, 0.15) is 36.8 Å². The molecule has 1 saturated heterocycles. The molecule has 2 spiro atoms. The predicted octanol–water partition coefficient (Wildman–Crippen LogP) is 3.01. The van der Waals surface area contributed by atoms with E-state index in [4.69, 9.17) is 28.6 Å². The van der Waals surface area contributed by atoms with Crippen molar-refractivity contribution in [1.29, 1.82) is 0 Å². The summed E-state index contributed by atoms with van der Waals surface area (Å²) < 4.78 is 5.55. The zero-order chi connectivity index (χ0) is 17.1. The zero-order valence-electron chi connectivity index (χ0n) is 13.9. The quantitative estimate of drug-likeness (QED) is 0.778. The molecule has 1 aromatic carbocycles. The van der Waals surface area contributed by atoms with Gasteiger partial charge in [0.2, 0.25) is 0 Å². The molecule has 128 valence electrons. The second-order valence-corrected chi connectivity index (χ2v) is 8.06. The van der Waals surface area contributed by atoms with Crippen molar-refractivity contribution in [2.24, 2.45) is 5.41 Å². The summed E-state index contributed by atoms with van der Waals surface area (Å²) in [6.07, 6.45) is 4.96. The maximum absolute atomic E-state index is 13.3. The van der Waals surface area contributed by atoms with Crippen LogP contribution in [0.25, 0.3) is 0 Å². The van der Waals surface area contributed by atoms with E-state index >= 15 is 0 Å². The van der Waals surface area contributed by atoms with Gasteiger partial charge in [-0.1, -0.05) is 17.7 Å². The lowest BCUT2D eigenvalue weighted by Gasteiger charge is -2.46. The molecular weight excluding hydrogens is 344 g/mol. The van der Waals surface area contributed by atoms with Gasteiger partial charge >= 0.3 is 0 Å². The SMILES string of the molecule is COC1CCC2(CC1)Cc1ccc(Cl)cc1C21NC(=S)N(C)C1=O. The van der Waals surface area contributed by atoms with Gasteiger partial charge in [0, 0.05) is 24.6 Å². The molecule has 1 N–H and O–H groups in total. The van der Waals surface area contributed by atoms with Gasteiger partial charge in [0.05, 0.1) is 6.10 Å². The highest BCUT2D eigenvalue weighted by Crippen LogP contribution is 2.60. The van der Waals surface area contributed by atoms with Crippen LogP contribution in [0.15, 0.2) is 18.2 Å². The highest BCUT2D eigenvalue weighted by molar-refractivity contribution is 7.80. The number of benzene rings is 1. The highest BCUT2D eigenvalue weighted by atomic mass is 35.5. The van der Waals surface area contributed by atoms with Crippen LogP contribution < -0.4 is 5.32 Å². The Morgan fingerprint density at radius 3 is 2.67 bits per heavy atom. The average Bonchev–Trinajstić information content (AvgIpc) is 2.97. The van der Waals surface area contributed by atoms with Crippen molar-refractivity contribution < 1.29 is 9.53 Å². The van der Waals surface area contributed by atoms with Crippen molar-refractivity contribution in [3.05, 3.63) is 34.3 Å². The van der Waals surface area contributed by atoms with Crippen molar-refractivity contribution in [3.63, 3.8) is 0 Å². The topological polar surface area (TPSA) is 41.6 Å². The number of rotatable bonds is 1. The number of hydrogen-bond acceptors (Lipinski definition) is 3.